The van der Waals surface area contributed by atoms with Gasteiger partial charge >= 0.3 is 0 Å². The summed E-state index contributed by atoms with van der Waals surface area (Å²) in [5, 5.41) is 0.236. The minimum absolute atomic E-state index is 0.217. The average Bonchev–Trinajstić information content (AvgIpc) is 2.13. The zero-order valence-corrected chi connectivity index (χ0v) is 15.5. The van der Waals surface area contributed by atoms with Crippen molar-refractivity contribution >= 4 is 26.9 Å². The van der Waals surface area contributed by atoms with Crippen LogP contribution in [0.5, 0.6) is 0 Å². The van der Waals surface area contributed by atoms with Gasteiger partial charge in [-0.25, -0.2) is 0 Å². The molecule has 0 saturated carbocycles. The van der Waals surface area contributed by atoms with Gasteiger partial charge in [0.15, 0.2) is 17.4 Å². The maximum atomic E-state index is 9.87. The van der Waals surface area contributed by atoms with Gasteiger partial charge in [0.25, 0.3) is 0 Å². The molecule has 0 unspecified atom stereocenters. The van der Waals surface area contributed by atoms with Crippen LogP contribution in [-0.2, 0) is 4.43 Å². The van der Waals surface area contributed by atoms with Gasteiger partial charge < -0.3 is 9.22 Å². The highest BCUT2D eigenvalue weighted by molar-refractivity contribution is 6.70. The van der Waals surface area contributed by atoms with Crippen LogP contribution in [0.15, 0.2) is 0 Å². The molecule has 0 aromatic rings. The second-order valence-electron chi connectivity index (χ2n) is 5.72. The fraction of sp³-hybridized carbons (Fsp3) is 1.00. The number of hydrogen-bond donors (Lipinski definition) is 1. The van der Waals surface area contributed by atoms with E-state index in [9.17, 15) is 4.80 Å². The summed E-state index contributed by atoms with van der Waals surface area (Å²) in [5.41, 5.74) is 0. The molecule has 0 atom stereocenters. The molecule has 98 valence electrons. The minimum atomic E-state index is -1.83. The second kappa shape index (κ2) is 7.10. The first-order valence-electron chi connectivity index (χ1n) is 6.65. The van der Waals surface area contributed by atoms with Crippen molar-refractivity contribution in [1.82, 2.24) is 0 Å². The minimum Gasteiger partial charge on any atom is -0.432 e. The predicted octanol–water partition coefficient (Wildman–Crippen LogP) is 2.29. The molecular weight excluding hydrogens is 248 g/mol. The third-order valence-electron chi connectivity index (χ3n) is 3.20. The van der Waals surface area contributed by atoms with E-state index >= 15 is 0 Å². The van der Waals surface area contributed by atoms with Gasteiger partial charge in [0.1, 0.15) is 0 Å². The van der Waals surface area contributed by atoms with Crippen molar-refractivity contribution in [1.29, 1.82) is 0 Å². The molecule has 16 heavy (non-hydrogen) atoms. The van der Waals surface area contributed by atoms with Gasteiger partial charge in [0.05, 0.1) is 9.52 Å². The van der Waals surface area contributed by atoms with E-state index in [1.54, 1.807) is 0 Å². The van der Waals surface area contributed by atoms with Gasteiger partial charge in [0, 0.05) is 5.22 Å². The molecule has 0 aliphatic carbocycles. The van der Waals surface area contributed by atoms with Crippen LogP contribution in [-0.4, -0.2) is 36.9 Å². The molecule has 0 aromatic carbocycles. The molecule has 0 radical (unpaired) electrons. The quantitative estimate of drug-likeness (QED) is 0.690. The lowest BCUT2D eigenvalue weighted by atomic mass is 10.2. The van der Waals surface area contributed by atoms with E-state index < -0.39 is 17.4 Å². The van der Waals surface area contributed by atoms with Crippen molar-refractivity contribution in [2.24, 2.45) is 0 Å². The molecule has 1 N–H and O–H groups in total. The van der Waals surface area contributed by atoms with E-state index in [1.807, 2.05) is 13.1 Å². The Hall–Kier alpha value is 0.571. The van der Waals surface area contributed by atoms with Gasteiger partial charge in [-0.1, -0.05) is 19.9 Å². The van der Waals surface area contributed by atoms with Crippen LogP contribution in [0.25, 0.3) is 0 Å². The molecule has 0 heterocycles. The Morgan fingerprint density at radius 2 is 1.75 bits per heavy atom. The van der Waals surface area contributed by atoms with Crippen LogP contribution in [0.3, 0.4) is 0 Å². The van der Waals surface area contributed by atoms with Crippen molar-refractivity contribution in [2.45, 2.75) is 70.2 Å². The molecule has 2 nitrogen and oxygen atoms in total. The summed E-state index contributed by atoms with van der Waals surface area (Å²) in [4.78, 5) is 9.87. The second-order valence-corrected chi connectivity index (χ2v) is 14.7. The van der Waals surface area contributed by atoms with Crippen LogP contribution < -0.4 is 0 Å². The van der Waals surface area contributed by atoms with Gasteiger partial charge in [-0.3, -0.25) is 0 Å². The normalized spacial score (nSPS) is 14.2. The Morgan fingerprint density at radius 1 is 1.25 bits per heavy atom. The molecule has 0 saturated heterocycles. The molecule has 0 bridgehead atoms. The van der Waals surface area contributed by atoms with Crippen molar-refractivity contribution in [2.75, 3.05) is 0 Å². The van der Waals surface area contributed by atoms with E-state index in [4.69, 9.17) is 4.43 Å². The Balaban J connectivity index is 4.22. The lowest BCUT2D eigenvalue weighted by Gasteiger charge is -2.35. The van der Waals surface area contributed by atoms with Crippen molar-refractivity contribution in [3.05, 3.63) is 0 Å². The first-order valence-corrected chi connectivity index (χ1v) is 14.3. The van der Waals surface area contributed by atoms with Gasteiger partial charge in [-0.2, -0.15) is 0 Å². The smallest absolute Gasteiger partial charge is 0.182 e. The molecule has 0 amide bonds. The highest BCUT2D eigenvalue weighted by Gasteiger charge is 2.29. The van der Waals surface area contributed by atoms with Crippen molar-refractivity contribution in [3.63, 3.8) is 0 Å². The molecule has 0 aliphatic rings. The van der Waals surface area contributed by atoms with Crippen LogP contribution in [0.2, 0.25) is 38.3 Å². The molecule has 0 rings (SSSR count). The zero-order chi connectivity index (χ0) is 12.8. The lowest BCUT2D eigenvalue weighted by molar-refractivity contribution is 0.144. The fourth-order valence-corrected chi connectivity index (χ4v) is 10.5. The summed E-state index contributed by atoms with van der Waals surface area (Å²) in [6.45, 7) is 13.1. The van der Waals surface area contributed by atoms with Crippen molar-refractivity contribution < 1.29 is 9.22 Å². The molecule has 0 fully saturated rings. The third-order valence-corrected chi connectivity index (χ3v) is 9.57. The number of rotatable bonds is 8. The topological polar surface area (TPSA) is 29.5 Å². The predicted molar refractivity (Wildman–Crippen MR) is 81.1 cm³/mol. The maximum absolute atomic E-state index is 9.87. The van der Waals surface area contributed by atoms with E-state index in [0.29, 0.717) is 0 Å². The van der Waals surface area contributed by atoms with Crippen molar-refractivity contribution in [3.8, 4) is 0 Å². The Morgan fingerprint density at radius 3 is 2.06 bits per heavy atom. The van der Waals surface area contributed by atoms with Crippen LogP contribution in [0.4, 0.5) is 0 Å². The SMILES string of the molecule is CCC(CC)(O[SiH](C)C)[SiH2]CC[Si](C)(C)O. The Bertz CT molecular complexity index is 186. The largest absolute Gasteiger partial charge is 0.432 e. The monoisotopic (exact) mass is 278 g/mol. The first-order chi connectivity index (χ1) is 7.24. The lowest BCUT2D eigenvalue weighted by Crippen LogP contribution is -2.42. The van der Waals surface area contributed by atoms with Gasteiger partial charge in [-0.05, 0) is 45.1 Å². The maximum Gasteiger partial charge on any atom is 0.182 e. The summed E-state index contributed by atoms with van der Waals surface area (Å²) in [5.74, 6) is 0. The van der Waals surface area contributed by atoms with E-state index in [-0.39, 0.29) is 14.7 Å². The van der Waals surface area contributed by atoms with Gasteiger partial charge in [0.2, 0.25) is 0 Å². The molecule has 0 aliphatic heterocycles. The number of hydrogen-bond acceptors (Lipinski definition) is 2. The van der Waals surface area contributed by atoms with Crippen LogP contribution in [0, 0.1) is 0 Å². The summed E-state index contributed by atoms with van der Waals surface area (Å²) in [6.07, 6.45) is 2.32. The Kier molecular flexibility index (Phi) is 7.36. The summed E-state index contributed by atoms with van der Waals surface area (Å²) in [6, 6.07) is 2.31. The zero-order valence-electron chi connectivity index (χ0n) is 12.0. The Labute approximate surface area is 106 Å². The van der Waals surface area contributed by atoms with Crippen LogP contribution in [0.1, 0.15) is 26.7 Å². The standard InChI is InChI=1S/C11H30O2Si3/c1-7-11(8-2,13-15(3)4)14-9-10-16(5,6)12/h12,15H,7-10,14H2,1-6H3. The highest BCUT2D eigenvalue weighted by Crippen LogP contribution is 2.23. The molecule has 0 aromatic heterocycles. The average molecular weight is 279 g/mol. The van der Waals surface area contributed by atoms with E-state index in [1.165, 1.54) is 6.04 Å². The van der Waals surface area contributed by atoms with Gasteiger partial charge in [-0.15, -0.1) is 0 Å². The highest BCUT2D eigenvalue weighted by atomic mass is 28.4. The molecular formula is C11H30O2Si3. The van der Waals surface area contributed by atoms with Crippen LogP contribution >= 0.6 is 0 Å². The van der Waals surface area contributed by atoms with E-state index in [2.05, 4.69) is 26.9 Å². The summed E-state index contributed by atoms with van der Waals surface area (Å²) >= 11 is 0. The van der Waals surface area contributed by atoms with E-state index in [0.717, 1.165) is 18.9 Å². The summed E-state index contributed by atoms with van der Waals surface area (Å²) in [7, 11) is -2.98. The first kappa shape index (κ1) is 16.6. The summed E-state index contributed by atoms with van der Waals surface area (Å²) < 4.78 is 6.29. The molecule has 5 heteroatoms. The molecule has 0 spiro atoms. The fourth-order valence-electron chi connectivity index (χ4n) is 2.17. The third kappa shape index (κ3) is 7.01.